The van der Waals surface area contributed by atoms with Crippen molar-refractivity contribution in [3.8, 4) is 11.5 Å². The van der Waals surface area contributed by atoms with E-state index in [4.69, 9.17) is 19.3 Å². The fraction of sp³-hybridized carbons (Fsp3) is 0.409. The predicted octanol–water partition coefficient (Wildman–Crippen LogP) is 1.92. The smallest absolute Gasteiger partial charge is 0.417 e. The van der Waals surface area contributed by atoms with Crippen LogP contribution in [0.1, 0.15) is 24.8 Å². The molecule has 0 unspecified atom stereocenters. The Bertz CT molecular complexity index is 1130. The van der Waals surface area contributed by atoms with E-state index < -0.39 is 18.3 Å². The summed E-state index contributed by atoms with van der Waals surface area (Å²) in [5.74, 6) is 1.16. The lowest BCUT2D eigenvalue weighted by Gasteiger charge is -2.32. The Kier molecular flexibility index (Phi) is 5.56. The van der Waals surface area contributed by atoms with Crippen LogP contribution in [0.5, 0.6) is 11.5 Å². The van der Waals surface area contributed by atoms with Crippen molar-refractivity contribution in [2.75, 3.05) is 23.5 Å². The summed E-state index contributed by atoms with van der Waals surface area (Å²) < 4.78 is 16.2. The Hall–Kier alpha value is -4.09. The van der Waals surface area contributed by atoms with Crippen LogP contribution in [0.4, 0.5) is 21.4 Å². The van der Waals surface area contributed by atoms with Gasteiger partial charge in [-0.25, -0.2) is 19.5 Å². The molecule has 1 aromatic carbocycles. The molecule has 1 aliphatic carbocycles. The van der Waals surface area contributed by atoms with Gasteiger partial charge in [0.25, 0.3) is 5.91 Å². The molecule has 12 heteroatoms. The topological polar surface area (TPSA) is 143 Å². The van der Waals surface area contributed by atoms with Gasteiger partial charge in [-0.15, -0.1) is 0 Å². The van der Waals surface area contributed by atoms with Gasteiger partial charge in [0.2, 0.25) is 5.95 Å². The number of hydrogen-bond donors (Lipinski definition) is 2. The maximum Gasteiger partial charge on any atom is 0.417 e. The second-order valence-corrected chi connectivity index (χ2v) is 8.29. The predicted molar refractivity (Wildman–Crippen MR) is 117 cm³/mol. The molecule has 0 radical (unpaired) electrons. The molecule has 0 spiro atoms. The number of fused-ring (bicyclic) bond motifs is 2. The highest BCUT2D eigenvalue weighted by Crippen LogP contribution is 2.37. The standard InChI is InChI=1S/C22H23N5O7/c1-32-14-5-2-12(3-6-14)10-26-18(28)11-33-17-9-23-20(25-19(17)26)27-15-7-4-13(24-21(29)30)8-16(15)34-22(27)31/h2-3,5-6,9,13,15-16,24H,4,7-8,10-11H2,1H3,(H,29,30)/t13-,15-,16-/m1/s1. The van der Waals surface area contributed by atoms with Crippen LogP contribution in [0, 0.1) is 0 Å². The lowest BCUT2D eigenvalue weighted by Crippen LogP contribution is -2.47. The first-order chi connectivity index (χ1) is 16.4. The molecule has 2 aromatic rings. The van der Waals surface area contributed by atoms with Crippen molar-refractivity contribution in [2.45, 2.75) is 44.0 Å². The molecule has 3 atom stereocenters. The molecule has 2 aliphatic heterocycles. The van der Waals surface area contributed by atoms with Crippen LogP contribution < -0.4 is 24.6 Å². The molecule has 0 bridgehead atoms. The average Bonchev–Trinajstić information content (AvgIpc) is 3.15. The number of amides is 3. The molecular formula is C22H23N5O7. The van der Waals surface area contributed by atoms with Gasteiger partial charge in [0.1, 0.15) is 11.9 Å². The first kappa shape index (κ1) is 21.7. The molecule has 1 saturated heterocycles. The Balaban J connectivity index is 1.40. The minimum Gasteiger partial charge on any atom is -0.497 e. The van der Waals surface area contributed by atoms with E-state index in [1.807, 2.05) is 24.3 Å². The minimum atomic E-state index is -1.11. The molecule has 34 heavy (non-hydrogen) atoms. The second kappa shape index (κ2) is 8.69. The van der Waals surface area contributed by atoms with Crippen LogP contribution in [-0.4, -0.2) is 65.1 Å². The van der Waals surface area contributed by atoms with Gasteiger partial charge in [0, 0.05) is 12.5 Å². The third kappa shape index (κ3) is 4.02. The zero-order valence-corrected chi connectivity index (χ0v) is 18.3. The average molecular weight is 469 g/mol. The van der Waals surface area contributed by atoms with Crippen molar-refractivity contribution in [1.82, 2.24) is 15.3 Å². The van der Waals surface area contributed by atoms with Gasteiger partial charge >= 0.3 is 12.2 Å². The Labute approximate surface area is 194 Å². The van der Waals surface area contributed by atoms with Crippen LogP contribution >= 0.6 is 0 Å². The van der Waals surface area contributed by atoms with Crippen LogP contribution in [0.15, 0.2) is 30.5 Å². The number of anilines is 2. The van der Waals surface area contributed by atoms with E-state index in [1.54, 1.807) is 7.11 Å². The molecule has 1 saturated carbocycles. The van der Waals surface area contributed by atoms with E-state index in [9.17, 15) is 14.4 Å². The summed E-state index contributed by atoms with van der Waals surface area (Å²) in [6.07, 6.45) is 0.702. The monoisotopic (exact) mass is 469 g/mol. The summed E-state index contributed by atoms with van der Waals surface area (Å²) in [6, 6.07) is 6.71. The van der Waals surface area contributed by atoms with E-state index in [1.165, 1.54) is 16.0 Å². The molecule has 2 fully saturated rings. The first-order valence-electron chi connectivity index (χ1n) is 10.9. The number of benzene rings is 1. The van der Waals surface area contributed by atoms with Crippen molar-refractivity contribution in [3.63, 3.8) is 0 Å². The number of methoxy groups -OCH3 is 1. The molecule has 3 amide bonds. The second-order valence-electron chi connectivity index (χ2n) is 8.29. The number of carbonyl (C=O) groups is 3. The van der Waals surface area contributed by atoms with Crippen molar-refractivity contribution in [1.29, 1.82) is 0 Å². The van der Waals surface area contributed by atoms with Crippen molar-refractivity contribution in [2.24, 2.45) is 0 Å². The molecule has 2 N–H and O–H groups in total. The largest absolute Gasteiger partial charge is 0.497 e. The maximum absolute atomic E-state index is 12.7. The van der Waals surface area contributed by atoms with Crippen LogP contribution in [-0.2, 0) is 16.1 Å². The number of aromatic nitrogens is 2. The van der Waals surface area contributed by atoms with Gasteiger partial charge < -0.3 is 24.6 Å². The highest BCUT2D eigenvalue weighted by molar-refractivity contribution is 5.97. The summed E-state index contributed by atoms with van der Waals surface area (Å²) in [4.78, 5) is 48.1. The molecule has 5 rings (SSSR count). The highest BCUT2D eigenvalue weighted by atomic mass is 16.6. The van der Waals surface area contributed by atoms with E-state index in [0.29, 0.717) is 30.8 Å². The highest BCUT2D eigenvalue weighted by Gasteiger charge is 2.47. The number of carboxylic acid groups (broad SMARTS) is 1. The summed E-state index contributed by atoms with van der Waals surface area (Å²) in [6.45, 7) is 0.120. The zero-order chi connectivity index (χ0) is 23.8. The molecule has 178 valence electrons. The number of ether oxygens (including phenoxy) is 3. The van der Waals surface area contributed by atoms with E-state index in [2.05, 4.69) is 15.3 Å². The molecule has 1 aromatic heterocycles. The van der Waals surface area contributed by atoms with Crippen LogP contribution in [0.3, 0.4) is 0 Å². The summed E-state index contributed by atoms with van der Waals surface area (Å²) >= 11 is 0. The van der Waals surface area contributed by atoms with Crippen molar-refractivity contribution < 1.29 is 33.7 Å². The van der Waals surface area contributed by atoms with Crippen molar-refractivity contribution >= 4 is 29.9 Å². The first-order valence-corrected chi connectivity index (χ1v) is 10.9. The molecular weight excluding hydrogens is 446 g/mol. The molecule has 3 aliphatic rings. The zero-order valence-electron chi connectivity index (χ0n) is 18.3. The van der Waals surface area contributed by atoms with Gasteiger partial charge in [-0.3, -0.25) is 9.69 Å². The van der Waals surface area contributed by atoms with Gasteiger partial charge in [0.05, 0.1) is 25.9 Å². The van der Waals surface area contributed by atoms with E-state index in [0.717, 1.165) is 5.56 Å². The Morgan fingerprint density at radius 3 is 2.79 bits per heavy atom. The summed E-state index contributed by atoms with van der Waals surface area (Å²) in [5, 5.41) is 11.4. The third-order valence-electron chi connectivity index (χ3n) is 6.21. The van der Waals surface area contributed by atoms with Gasteiger partial charge in [-0.1, -0.05) is 12.1 Å². The normalized spacial score (nSPS) is 23.5. The minimum absolute atomic E-state index is 0.110. The van der Waals surface area contributed by atoms with Crippen molar-refractivity contribution in [3.05, 3.63) is 36.0 Å². The molecule has 3 heterocycles. The molecule has 12 nitrogen and oxygen atoms in total. The maximum atomic E-state index is 12.7. The van der Waals surface area contributed by atoms with Gasteiger partial charge in [-0.2, -0.15) is 4.98 Å². The number of nitrogens with zero attached hydrogens (tertiary/aromatic N) is 4. The summed E-state index contributed by atoms with van der Waals surface area (Å²) in [7, 11) is 1.58. The lowest BCUT2D eigenvalue weighted by molar-refractivity contribution is -0.121. The van der Waals surface area contributed by atoms with Gasteiger partial charge in [0.15, 0.2) is 18.2 Å². The summed E-state index contributed by atoms with van der Waals surface area (Å²) in [5.41, 5.74) is 0.868. The Morgan fingerprint density at radius 2 is 2.06 bits per heavy atom. The van der Waals surface area contributed by atoms with E-state index in [-0.39, 0.29) is 42.9 Å². The van der Waals surface area contributed by atoms with Gasteiger partial charge in [-0.05, 0) is 30.5 Å². The fourth-order valence-electron chi connectivity index (χ4n) is 4.57. The van der Waals surface area contributed by atoms with Crippen LogP contribution in [0.2, 0.25) is 0 Å². The number of rotatable bonds is 5. The third-order valence-corrected chi connectivity index (χ3v) is 6.21. The number of nitrogens with one attached hydrogen (secondary N) is 1. The lowest BCUT2D eigenvalue weighted by atomic mass is 9.88. The SMILES string of the molecule is COc1ccc(CN2C(=O)COc3cnc(N4C(=O)O[C@@H]5C[C@H](NC(=O)O)CC[C@H]54)nc32)cc1. The number of hydrogen-bond acceptors (Lipinski definition) is 8. The quantitative estimate of drug-likeness (QED) is 0.671. The Morgan fingerprint density at radius 1 is 1.26 bits per heavy atom. The fourth-order valence-corrected chi connectivity index (χ4v) is 4.57. The van der Waals surface area contributed by atoms with Crippen LogP contribution in [0.25, 0.3) is 0 Å². The van der Waals surface area contributed by atoms with E-state index >= 15 is 0 Å². The number of carbonyl (C=O) groups excluding carboxylic acids is 2.